The van der Waals surface area contributed by atoms with Crippen molar-refractivity contribution < 1.29 is 4.39 Å². The Morgan fingerprint density at radius 2 is 2.11 bits per heavy atom. The van der Waals surface area contributed by atoms with Crippen LogP contribution in [0.25, 0.3) is 16.6 Å². The smallest absolute Gasteiger partial charge is 0.251 e. The molecule has 28 heavy (non-hydrogen) atoms. The first-order valence-corrected chi connectivity index (χ1v) is 9.51. The highest BCUT2D eigenvalue weighted by molar-refractivity contribution is 6.02. The molecule has 2 aliphatic heterocycles. The molecule has 7 nitrogen and oxygen atoms in total. The fraction of sp³-hybridized carbons (Fsp3) is 0.300. The number of hydrogen-bond acceptors (Lipinski definition) is 5. The molecule has 2 aliphatic rings. The Labute approximate surface area is 160 Å². The van der Waals surface area contributed by atoms with E-state index in [0.29, 0.717) is 11.3 Å². The number of anilines is 1. The molecule has 1 saturated heterocycles. The lowest BCUT2D eigenvalue weighted by Gasteiger charge is -2.23. The van der Waals surface area contributed by atoms with Gasteiger partial charge in [-0.15, -0.1) is 0 Å². The Bertz CT molecular complexity index is 1150. The number of aromatic amines is 1. The minimum absolute atomic E-state index is 0.151. The first-order chi connectivity index (χ1) is 13.7. The molecule has 1 atom stereocenters. The third kappa shape index (κ3) is 2.86. The maximum absolute atomic E-state index is 14.1. The fourth-order valence-corrected chi connectivity index (χ4v) is 4.05. The molecule has 5 rings (SSSR count). The van der Waals surface area contributed by atoms with Gasteiger partial charge in [-0.1, -0.05) is 6.07 Å². The molecule has 8 heteroatoms. The van der Waals surface area contributed by atoms with Crippen molar-refractivity contribution in [3.63, 3.8) is 0 Å². The van der Waals surface area contributed by atoms with Gasteiger partial charge in [-0.3, -0.25) is 4.79 Å². The molecule has 0 bridgehead atoms. The van der Waals surface area contributed by atoms with Crippen LogP contribution in [0.2, 0.25) is 0 Å². The van der Waals surface area contributed by atoms with E-state index in [9.17, 15) is 9.18 Å². The maximum atomic E-state index is 14.1. The first-order valence-electron chi connectivity index (χ1n) is 9.51. The van der Waals surface area contributed by atoms with Crippen molar-refractivity contribution in [3.05, 3.63) is 64.5 Å². The summed E-state index contributed by atoms with van der Waals surface area (Å²) < 4.78 is 16.0. The Morgan fingerprint density at radius 1 is 1.25 bits per heavy atom. The lowest BCUT2D eigenvalue weighted by atomic mass is 9.94. The third-order valence-electron chi connectivity index (χ3n) is 5.41. The van der Waals surface area contributed by atoms with Crippen molar-refractivity contribution >= 4 is 22.2 Å². The molecule has 1 fully saturated rings. The van der Waals surface area contributed by atoms with E-state index in [0.717, 1.165) is 42.5 Å². The fourth-order valence-electron chi connectivity index (χ4n) is 4.05. The number of benzene rings is 1. The van der Waals surface area contributed by atoms with Gasteiger partial charge in [-0.25, -0.2) is 8.91 Å². The van der Waals surface area contributed by atoms with E-state index in [1.807, 2.05) is 22.7 Å². The molecular weight excluding hydrogens is 359 g/mol. The Hall–Kier alpha value is -3.13. The molecule has 144 valence electrons. The lowest BCUT2D eigenvalue weighted by Crippen LogP contribution is -2.34. The number of rotatable bonds is 3. The van der Waals surface area contributed by atoms with Crippen molar-refractivity contribution in [1.82, 2.24) is 25.2 Å². The van der Waals surface area contributed by atoms with E-state index >= 15 is 0 Å². The standard InChI is InChI=1S/C20H21FN6O/c21-13-3-2-8-23-19(13)24-14-4-1-5-15-18(14)20-25-17(28)11-16(27(20)26-15)12-6-9-22-10-7-12/h1-5,8,11-12,19,22-24H,6-7,9-10H2,(H,25,28). The number of nitrogens with zero attached hydrogens (tertiary/aromatic N) is 2. The van der Waals surface area contributed by atoms with Crippen LogP contribution in [0.4, 0.5) is 10.1 Å². The van der Waals surface area contributed by atoms with E-state index in [4.69, 9.17) is 5.10 Å². The summed E-state index contributed by atoms with van der Waals surface area (Å²) in [5, 5.41) is 15.0. The zero-order valence-corrected chi connectivity index (χ0v) is 15.2. The predicted octanol–water partition coefficient (Wildman–Crippen LogP) is 2.35. The average Bonchev–Trinajstić information content (AvgIpc) is 3.09. The summed E-state index contributed by atoms with van der Waals surface area (Å²) in [6.07, 6.45) is 5.99. The normalized spacial score (nSPS) is 20.3. The van der Waals surface area contributed by atoms with Crippen LogP contribution in [0.15, 0.2) is 53.2 Å². The van der Waals surface area contributed by atoms with Crippen molar-refractivity contribution in [1.29, 1.82) is 0 Å². The molecule has 3 aromatic rings. The van der Waals surface area contributed by atoms with Gasteiger partial charge in [0, 0.05) is 17.7 Å². The SMILES string of the molecule is O=c1cc(C2CCNCC2)n2nc3cccc(NC4NC=CC=C4F)c3c2[nH]1. The highest BCUT2D eigenvalue weighted by Gasteiger charge is 2.22. The largest absolute Gasteiger partial charge is 0.366 e. The summed E-state index contributed by atoms with van der Waals surface area (Å²) in [4.78, 5) is 15.3. The zero-order chi connectivity index (χ0) is 19.1. The van der Waals surface area contributed by atoms with Crippen molar-refractivity contribution in [2.75, 3.05) is 18.4 Å². The second kappa shape index (κ2) is 6.79. The first kappa shape index (κ1) is 17.0. The molecule has 0 amide bonds. The summed E-state index contributed by atoms with van der Waals surface area (Å²) in [5.41, 5.74) is 2.87. The third-order valence-corrected chi connectivity index (χ3v) is 5.41. The van der Waals surface area contributed by atoms with Gasteiger partial charge in [0.1, 0.15) is 17.6 Å². The van der Waals surface area contributed by atoms with Gasteiger partial charge in [0.05, 0.1) is 16.6 Å². The molecule has 0 spiro atoms. The van der Waals surface area contributed by atoms with E-state index < -0.39 is 6.17 Å². The van der Waals surface area contributed by atoms with E-state index in [-0.39, 0.29) is 17.3 Å². The summed E-state index contributed by atoms with van der Waals surface area (Å²) >= 11 is 0. The van der Waals surface area contributed by atoms with Crippen LogP contribution in [-0.2, 0) is 0 Å². The number of nitrogens with one attached hydrogen (secondary N) is 4. The lowest BCUT2D eigenvalue weighted by molar-refractivity contribution is 0.446. The van der Waals surface area contributed by atoms with Gasteiger partial charge in [0.2, 0.25) is 0 Å². The summed E-state index contributed by atoms with van der Waals surface area (Å²) in [6.45, 7) is 1.86. The van der Waals surface area contributed by atoms with Crippen molar-refractivity contribution in [2.45, 2.75) is 24.9 Å². The van der Waals surface area contributed by atoms with E-state index in [1.54, 1.807) is 18.3 Å². The summed E-state index contributed by atoms with van der Waals surface area (Å²) in [5.74, 6) is -0.0258. The Balaban J connectivity index is 1.66. The predicted molar refractivity (Wildman–Crippen MR) is 107 cm³/mol. The van der Waals surface area contributed by atoms with Gasteiger partial charge in [-0.2, -0.15) is 5.10 Å². The monoisotopic (exact) mass is 380 g/mol. The van der Waals surface area contributed by atoms with E-state index in [2.05, 4.69) is 20.9 Å². The number of aromatic nitrogens is 3. The van der Waals surface area contributed by atoms with Gasteiger partial charge >= 0.3 is 0 Å². The molecule has 0 aliphatic carbocycles. The molecule has 1 aromatic carbocycles. The van der Waals surface area contributed by atoms with Crippen LogP contribution in [-0.4, -0.2) is 33.9 Å². The number of H-pyrrole nitrogens is 1. The van der Waals surface area contributed by atoms with Crippen LogP contribution in [0.5, 0.6) is 0 Å². The molecule has 4 heterocycles. The van der Waals surface area contributed by atoms with Crippen LogP contribution in [0.1, 0.15) is 24.5 Å². The number of piperidine rings is 1. The molecule has 4 N–H and O–H groups in total. The molecular formula is C20H21FN6O. The molecule has 0 saturated carbocycles. The van der Waals surface area contributed by atoms with Crippen LogP contribution < -0.4 is 21.5 Å². The van der Waals surface area contributed by atoms with Gasteiger partial charge in [0.25, 0.3) is 5.56 Å². The molecule has 0 radical (unpaired) electrons. The average molecular weight is 380 g/mol. The van der Waals surface area contributed by atoms with E-state index in [1.165, 1.54) is 6.08 Å². The second-order valence-corrected chi connectivity index (χ2v) is 7.20. The van der Waals surface area contributed by atoms with Gasteiger partial charge < -0.3 is 20.9 Å². The number of dihydropyridines is 1. The van der Waals surface area contributed by atoms with Crippen LogP contribution in [0, 0.1) is 0 Å². The Morgan fingerprint density at radius 3 is 2.93 bits per heavy atom. The highest BCUT2D eigenvalue weighted by atomic mass is 19.1. The van der Waals surface area contributed by atoms with Gasteiger partial charge in [-0.05, 0) is 56.4 Å². The van der Waals surface area contributed by atoms with Crippen molar-refractivity contribution in [3.8, 4) is 0 Å². The number of halogens is 1. The number of hydrogen-bond donors (Lipinski definition) is 4. The maximum Gasteiger partial charge on any atom is 0.251 e. The highest BCUT2D eigenvalue weighted by Crippen LogP contribution is 2.31. The topological polar surface area (TPSA) is 86.2 Å². The molecule has 2 aromatic heterocycles. The summed E-state index contributed by atoms with van der Waals surface area (Å²) in [6, 6.07) is 7.29. The van der Waals surface area contributed by atoms with Gasteiger partial charge in [0.15, 0.2) is 0 Å². The number of allylic oxidation sites excluding steroid dienone is 2. The van der Waals surface area contributed by atoms with Crippen LogP contribution in [0.3, 0.4) is 0 Å². The summed E-state index contributed by atoms with van der Waals surface area (Å²) in [7, 11) is 0. The minimum Gasteiger partial charge on any atom is -0.366 e. The second-order valence-electron chi connectivity index (χ2n) is 7.20. The zero-order valence-electron chi connectivity index (χ0n) is 15.2. The number of fused-ring (bicyclic) bond motifs is 3. The van der Waals surface area contributed by atoms with Crippen LogP contribution >= 0.6 is 0 Å². The van der Waals surface area contributed by atoms with Crippen molar-refractivity contribution in [2.24, 2.45) is 0 Å². The Kier molecular flexibility index (Phi) is 4.12. The quantitative estimate of drug-likeness (QED) is 0.560. The minimum atomic E-state index is -0.662. The molecule has 1 unspecified atom stereocenters.